The zero-order chi connectivity index (χ0) is 24.4. The molecular weight excluding hydrogens is 479 g/mol. The Morgan fingerprint density at radius 2 is 1.86 bits per heavy atom. The molecule has 4 heterocycles. The zero-order valence-electron chi connectivity index (χ0n) is 20.8. The van der Waals surface area contributed by atoms with Crippen molar-refractivity contribution in [3.63, 3.8) is 0 Å². The van der Waals surface area contributed by atoms with Crippen LogP contribution in [-0.2, 0) is 0 Å². The molecule has 8 heteroatoms. The zero-order valence-corrected chi connectivity index (χ0v) is 22.3. The van der Waals surface area contributed by atoms with E-state index in [1.165, 1.54) is 18.4 Å². The van der Waals surface area contributed by atoms with E-state index in [2.05, 4.69) is 51.0 Å². The molecule has 0 aliphatic carbocycles. The molecule has 2 atom stereocenters. The number of anilines is 1. The highest BCUT2D eigenvalue weighted by Crippen LogP contribution is 2.31. The van der Waals surface area contributed by atoms with E-state index in [4.69, 9.17) is 28.2 Å². The number of piperidine rings is 1. The smallest absolute Gasteiger partial charge is 0.147 e. The van der Waals surface area contributed by atoms with Crippen molar-refractivity contribution in [2.45, 2.75) is 51.2 Å². The van der Waals surface area contributed by atoms with Gasteiger partial charge in [0.1, 0.15) is 11.7 Å². The van der Waals surface area contributed by atoms with Crippen molar-refractivity contribution in [3.8, 4) is 0 Å². The summed E-state index contributed by atoms with van der Waals surface area (Å²) in [4.78, 5) is 17.0. The third kappa shape index (κ3) is 5.46. The van der Waals surface area contributed by atoms with Crippen LogP contribution in [-0.4, -0.2) is 78.5 Å². The van der Waals surface area contributed by atoms with Gasteiger partial charge in [0.15, 0.2) is 0 Å². The van der Waals surface area contributed by atoms with Crippen molar-refractivity contribution in [1.82, 2.24) is 20.1 Å². The van der Waals surface area contributed by atoms with Gasteiger partial charge in [-0.3, -0.25) is 14.8 Å². The van der Waals surface area contributed by atoms with Gasteiger partial charge in [-0.25, -0.2) is 4.98 Å². The predicted molar refractivity (Wildman–Crippen MR) is 146 cm³/mol. The summed E-state index contributed by atoms with van der Waals surface area (Å²) in [6.07, 6.45) is 5.48. The fourth-order valence-electron chi connectivity index (χ4n) is 5.85. The molecule has 1 aromatic heterocycles. The maximum atomic E-state index is 6.71. The fraction of sp³-hybridized carbons (Fsp3) is 0.556. The van der Waals surface area contributed by atoms with Gasteiger partial charge < -0.3 is 10.2 Å². The lowest BCUT2D eigenvalue weighted by Crippen LogP contribution is -2.58. The van der Waals surface area contributed by atoms with Crippen LogP contribution in [0.1, 0.15) is 50.3 Å². The molecular formula is C27H36Cl2N6. The largest absolute Gasteiger partial charge is 0.368 e. The topological polar surface area (TPSA) is 47.0 Å². The first-order valence-electron chi connectivity index (χ1n) is 13.0. The van der Waals surface area contributed by atoms with Crippen LogP contribution in [0.5, 0.6) is 0 Å². The number of nitrogens with zero attached hydrogens (tertiary/aromatic N) is 5. The average molecular weight is 516 g/mol. The van der Waals surface area contributed by atoms with Gasteiger partial charge in [0, 0.05) is 74.2 Å². The molecule has 2 saturated heterocycles. The summed E-state index contributed by atoms with van der Waals surface area (Å²) in [5.74, 6) is 1.80. The maximum Gasteiger partial charge on any atom is 0.147 e. The Balaban J connectivity index is 1.19. The fourth-order valence-corrected chi connectivity index (χ4v) is 6.26. The van der Waals surface area contributed by atoms with Gasteiger partial charge in [-0.15, -0.1) is 0 Å². The van der Waals surface area contributed by atoms with E-state index in [0.717, 1.165) is 74.5 Å². The minimum absolute atomic E-state index is 0.425. The molecule has 188 valence electrons. The van der Waals surface area contributed by atoms with E-state index in [0.29, 0.717) is 23.1 Å². The van der Waals surface area contributed by atoms with Crippen LogP contribution in [0.4, 0.5) is 5.82 Å². The molecule has 0 amide bonds. The number of piperazine rings is 1. The summed E-state index contributed by atoms with van der Waals surface area (Å²) in [6, 6.07) is 11.9. The molecule has 0 radical (unpaired) electrons. The lowest BCUT2D eigenvalue weighted by molar-refractivity contribution is 0.0515. The molecule has 1 aromatic carbocycles. The van der Waals surface area contributed by atoms with E-state index in [1.54, 1.807) is 0 Å². The number of hydrogen-bond donors (Lipinski definition) is 1. The van der Waals surface area contributed by atoms with Crippen LogP contribution in [0.15, 0.2) is 41.5 Å². The summed E-state index contributed by atoms with van der Waals surface area (Å²) in [5, 5.41) is 4.82. The molecule has 35 heavy (non-hydrogen) atoms. The SMILES string of the molecule is CC[C@H]1CN(c2ncc(C3=NCCN3)cc2Cl)CCN1C1CCN(C(C)c2ccc(Cl)cc2)CC1. The number of rotatable bonds is 6. The molecule has 0 bridgehead atoms. The first-order valence-corrected chi connectivity index (χ1v) is 13.7. The summed E-state index contributed by atoms with van der Waals surface area (Å²) in [7, 11) is 0. The van der Waals surface area contributed by atoms with Crippen molar-refractivity contribution in [1.29, 1.82) is 0 Å². The highest BCUT2D eigenvalue weighted by atomic mass is 35.5. The second-order valence-corrected chi connectivity index (χ2v) is 10.8. The van der Waals surface area contributed by atoms with E-state index in [-0.39, 0.29) is 0 Å². The Morgan fingerprint density at radius 1 is 1.09 bits per heavy atom. The molecule has 2 aromatic rings. The number of likely N-dealkylation sites (tertiary alicyclic amines) is 1. The number of aliphatic imine (C=N–C) groups is 1. The summed E-state index contributed by atoms with van der Waals surface area (Å²) < 4.78 is 0. The molecule has 3 aliphatic rings. The number of nitrogens with one attached hydrogen (secondary N) is 1. The van der Waals surface area contributed by atoms with Crippen LogP contribution in [0.3, 0.4) is 0 Å². The first kappa shape index (κ1) is 24.8. The molecule has 6 nitrogen and oxygen atoms in total. The molecule has 1 N–H and O–H groups in total. The third-order valence-corrected chi connectivity index (χ3v) is 8.47. The van der Waals surface area contributed by atoms with Crippen LogP contribution >= 0.6 is 23.2 Å². The Bertz CT molecular complexity index is 1030. The maximum absolute atomic E-state index is 6.71. The van der Waals surface area contributed by atoms with Crippen molar-refractivity contribution in [2.75, 3.05) is 50.7 Å². The molecule has 2 fully saturated rings. The molecule has 1 unspecified atom stereocenters. The minimum Gasteiger partial charge on any atom is -0.368 e. The number of benzene rings is 1. The average Bonchev–Trinajstić information content (AvgIpc) is 3.44. The Labute approximate surface area is 219 Å². The Hall–Kier alpha value is -1.86. The summed E-state index contributed by atoms with van der Waals surface area (Å²) >= 11 is 12.8. The van der Waals surface area contributed by atoms with E-state index in [9.17, 15) is 0 Å². The van der Waals surface area contributed by atoms with Crippen LogP contribution < -0.4 is 10.2 Å². The van der Waals surface area contributed by atoms with Gasteiger partial charge in [0.25, 0.3) is 0 Å². The molecule has 0 spiro atoms. The quantitative estimate of drug-likeness (QED) is 0.595. The van der Waals surface area contributed by atoms with E-state index in [1.807, 2.05) is 24.4 Å². The van der Waals surface area contributed by atoms with Crippen molar-refractivity contribution in [2.24, 2.45) is 4.99 Å². The van der Waals surface area contributed by atoms with Crippen LogP contribution in [0.25, 0.3) is 0 Å². The minimum atomic E-state index is 0.425. The lowest BCUT2D eigenvalue weighted by atomic mass is 9.96. The van der Waals surface area contributed by atoms with Crippen molar-refractivity contribution >= 4 is 34.9 Å². The van der Waals surface area contributed by atoms with Crippen molar-refractivity contribution in [3.05, 3.63) is 57.7 Å². The second kappa shape index (κ2) is 11.0. The van der Waals surface area contributed by atoms with Crippen molar-refractivity contribution < 1.29 is 0 Å². The van der Waals surface area contributed by atoms with Crippen LogP contribution in [0, 0.1) is 0 Å². The Morgan fingerprint density at radius 3 is 2.51 bits per heavy atom. The molecule has 3 aliphatic heterocycles. The monoisotopic (exact) mass is 514 g/mol. The number of amidine groups is 1. The summed E-state index contributed by atoms with van der Waals surface area (Å²) in [6.45, 7) is 11.6. The number of aromatic nitrogens is 1. The molecule has 0 saturated carbocycles. The van der Waals surface area contributed by atoms with Gasteiger partial charge >= 0.3 is 0 Å². The number of hydrogen-bond acceptors (Lipinski definition) is 6. The number of halogens is 2. The standard InChI is InChI=1S/C27H36Cl2N6/c1-3-23-18-34(27-25(29)16-21(17-32-27)26-30-10-11-31-26)14-15-35(23)24-8-12-33(13-9-24)19(2)20-4-6-22(28)7-5-20/h4-7,16-17,19,23-24H,3,8-15,18H2,1-2H3,(H,30,31)/t19?,23-/m0/s1. The van der Waals surface area contributed by atoms with Gasteiger partial charge in [-0.05, 0) is 49.9 Å². The predicted octanol–water partition coefficient (Wildman–Crippen LogP) is 4.86. The summed E-state index contributed by atoms with van der Waals surface area (Å²) in [5.41, 5.74) is 2.32. The molecule has 5 rings (SSSR count). The van der Waals surface area contributed by atoms with Crippen LogP contribution in [0.2, 0.25) is 10.0 Å². The second-order valence-electron chi connectivity index (χ2n) is 9.93. The van der Waals surface area contributed by atoms with Gasteiger partial charge in [-0.1, -0.05) is 42.3 Å². The van der Waals surface area contributed by atoms with E-state index >= 15 is 0 Å². The van der Waals surface area contributed by atoms with E-state index < -0.39 is 0 Å². The lowest BCUT2D eigenvalue weighted by Gasteiger charge is -2.48. The first-order chi connectivity index (χ1) is 17.0. The third-order valence-electron chi connectivity index (χ3n) is 7.94. The Kier molecular flexibility index (Phi) is 7.83. The number of pyridine rings is 1. The normalized spacial score (nSPS) is 23.3. The highest BCUT2D eigenvalue weighted by molar-refractivity contribution is 6.33. The van der Waals surface area contributed by atoms with Gasteiger partial charge in [0.05, 0.1) is 11.6 Å². The highest BCUT2D eigenvalue weighted by Gasteiger charge is 2.34. The van der Waals surface area contributed by atoms with Gasteiger partial charge in [-0.2, -0.15) is 0 Å². The van der Waals surface area contributed by atoms with Gasteiger partial charge in [0.2, 0.25) is 0 Å².